The Morgan fingerprint density at radius 3 is 2.71 bits per heavy atom. The van der Waals surface area contributed by atoms with Crippen molar-refractivity contribution in [2.24, 2.45) is 11.8 Å². The summed E-state index contributed by atoms with van der Waals surface area (Å²) in [5, 5.41) is 0. The van der Waals surface area contributed by atoms with Crippen LogP contribution in [0.25, 0.3) is 0 Å². The number of likely N-dealkylation sites (N-methyl/N-ethyl adjacent to an activating group) is 1. The van der Waals surface area contributed by atoms with Crippen LogP contribution >= 0.6 is 0 Å². The Balaban J connectivity index is 1.75. The first-order valence-corrected chi connectivity index (χ1v) is 10.9. The van der Waals surface area contributed by atoms with Crippen LogP contribution in [0.2, 0.25) is 0 Å². The van der Waals surface area contributed by atoms with Crippen LogP contribution in [-0.4, -0.2) is 69.7 Å². The second kappa shape index (κ2) is 8.19. The standard InChI is InChI=1S/C24H32N2O5/c1-6-15-13-26-11-10-24(20(26)12-16(15)17(14-29-3)23(28)31-5)22(27)21-18(25(24)2)8-7-9-19(21)30-4/h7-9,14-16,20H,6,10-13H2,1-5H3/b17-14-/t15-,16+,20?,24+/m1/s1. The van der Waals surface area contributed by atoms with Crippen LogP contribution in [0.5, 0.6) is 5.75 Å². The third-order valence-corrected chi connectivity index (χ3v) is 7.68. The first-order chi connectivity index (χ1) is 14.9. The van der Waals surface area contributed by atoms with Crippen LogP contribution in [-0.2, 0) is 14.3 Å². The number of anilines is 1. The highest BCUT2D eigenvalue weighted by atomic mass is 16.5. The van der Waals surface area contributed by atoms with E-state index in [1.54, 1.807) is 14.2 Å². The van der Waals surface area contributed by atoms with Gasteiger partial charge >= 0.3 is 5.97 Å². The number of hydrogen-bond donors (Lipinski definition) is 0. The van der Waals surface area contributed by atoms with Gasteiger partial charge in [0.25, 0.3) is 0 Å². The van der Waals surface area contributed by atoms with E-state index < -0.39 is 5.54 Å². The van der Waals surface area contributed by atoms with Crippen molar-refractivity contribution in [1.82, 2.24) is 4.90 Å². The number of piperidine rings is 1. The monoisotopic (exact) mass is 428 g/mol. The van der Waals surface area contributed by atoms with Gasteiger partial charge in [-0.1, -0.05) is 19.4 Å². The molecule has 1 spiro atoms. The molecule has 168 valence electrons. The molecule has 0 aromatic heterocycles. The van der Waals surface area contributed by atoms with Gasteiger partial charge in [-0.3, -0.25) is 9.69 Å². The number of ether oxygens (including phenoxy) is 3. The van der Waals surface area contributed by atoms with Gasteiger partial charge in [0.1, 0.15) is 11.3 Å². The molecule has 1 aromatic carbocycles. The number of carbonyl (C=O) groups is 2. The van der Waals surface area contributed by atoms with Crippen LogP contribution in [0.15, 0.2) is 30.0 Å². The lowest BCUT2D eigenvalue weighted by atomic mass is 9.71. The molecule has 1 aromatic rings. The van der Waals surface area contributed by atoms with Crippen molar-refractivity contribution in [3.05, 3.63) is 35.6 Å². The third kappa shape index (κ3) is 3.04. The number of benzene rings is 1. The number of rotatable bonds is 5. The van der Waals surface area contributed by atoms with E-state index >= 15 is 0 Å². The van der Waals surface area contributed by atoms with Gasteiger partial charge in [-0.2, -0.15) is 0 Å². The Labute approximate surface area is 183 Å². The van der Waals surface area contributed by atoms with Crippen LogP contribution in [0.1, 0.15) is 36.5 Å². The minimum atomic E-state index is -0.651. The third-order valence-electron chi connectivity index (χ3n) is 7.68. The number of hydrogen-bond acceptors (Lipinski definition) is 7. The summed E-state index contributed by atoms with van der Waals surface area (Å²) in [5.74, 6) is 0.657. The van der Waals surface area contributed by atoms with Crippen LogP contribution < -0.4 is 9.64 Å². The van der Waals surface area contributed by atoms with Crippen LogP contribution in [0, 0.1) is 11.8 Å². The molecule has 3 heterocycles. The van der Waals surface area contributed by atoms with E-state index in [4.69, 9.17) is 14.2 Å². The minimum Gasteiger partial charge on any atom is -0.504 e. The van der Waals surface area contributed by atoms with Crippen molar-refractivity contribution < 1.29 is 23.8 Å². The molecule has 2 saturated heterocycles. The van der Waals surface area contributed by atoms with Gasteiger partial charge in [-0.25, -0.2) is 4.79 Å². The summed E-state index contributed by atoms with van der Waals surface area (Å²) in [6.45, 7) is 3.86. The molecule has 0 saturated carbocycles. The Bertz CT molecular complexity index is 913. The first kappa shape index (κ1) is 21.7. The van der Waals surface area contributed by atoms with Gasteiger partial charge < -0.3 is 19.1 Å². The Morgan fingerprint density at radius 2 is 2.06 bits per heavy atom. The Morgan fingerprint density at radius 1 is 1.29 bits per heavy atom. The maximum Gasteiger partial charge on any atom is 0.337 e. The summed E-state index contributed by atoms with van der Waals surface area (Å²) >= 11 is 0. The lowest BCUT2D eigenvalue weighted by Gasteiger charge is -2.47. The van der Waals surface area contributed by atoms with E-state index in [1.807, 2.05) is 25.2 Å². The first-order valence-electron chi connectivity index (χ1n) is 10.9. The number of Topliss-reactive ketones (excluding diaryl/α,β-unsaturated/α-hetero) is 1. The van der Waals surface area contributed by atoms with Crippen molar-refractivity contribution in [3.63, 3.8) is 0 Å². The van der Waals surface area contributed by atoms with Crippen molar-refractivity contribution in [1.29, 1.82) is 0 Å². The van der Waals surface area contributed by atoms with Gasteiger partial charge in [0, 0.05) is 26.2 Å². The van der Waals surface area contributed by atoms with E-state index in [0.29, 0.717) is 29.2 Å². The molecule has 31 heavy (non-hydrogen) atoms. The fourth-order valence-electron chi connectivity index (χ4n) is 6.13. The van der Waals surface area contributed by atoms with E-state index in [-0.39, 0.29) is 23.7 Å². The molecule has 4 atom stereocenters. The van der Waals surface area contributed by atoms with Gasteiger partial charge in [0.05, 0.1) is 44.4 Å². The Kier molecular flexibility index (Phi) is 5.73. The predicted octanol–water partition coefficient (Wildman–Crippen LogP) is 2.89. The van der Waals surface area contributed by atoms with E-state index in [0.717, 1.165) is 31.6 Å². The van der Waals surface area contributed by atoms with E-state index in [2.05, 4.69) is 16.7 Å². The van der Waals surface area contributed by atoms with E-state index in [1.165, 1.54) is 13.4 Å². The molecule has 3 aliphatic heterocycles. The zero-order valence-corrected chi connectivity index (χ0v) is 19.0. The lowest BCUT2D eigenvalue weighted by Crippen LogP contribution is -2.60. The molecule has 2 fully saturated rings. The van der Waals surface area contributed by atoms with Crippen molar-refractivity contribution in [3.8, 4) is 5.75 Å². The SMILES string of the molecule is CC[C@@H]1CN2CC[C@@]3(C(=O)c4c(OC)cccc4N3C)C2C[C@@H]1/C(=C/OC)C(=O)OC. The number of nitrogens with zero attached hydrogens (tertiary/aromatic N) is 2. The van der Waals surface area contributed by atoms with Gasteiger partial charge in [0.15, 0.2) is 5.78 Å². The number of carbonyl (C=O) groups excluding carboxylic acids is 2. The summed E-state index contributed by atoms with van der Waals surface area (Å²) in [6.07, 6.45) is 3.93. The number of methoxy groups -OCH3 is 3. The summed E-state index contributed by atoms with van der Waals surface area (Å²) in [7, 11) is 6.57. The number of ketones is 1. The molecule has 0 amide bonds. The summed E-state index contributed by atoms with van der Waals surface area (Å²) in [4.78, 5) is 31.1. The summed E-state index contributed by atoms with van der Waals surface area (Å²) < 4.78 is 15.9. The molecule has 0 bridgehead atoms. The van der Waals surface area contributed by atoms with Crippen molar-refractivity contribution in [2.45, 2.75) is 37.8 Å². The highest BCUT2D eigenvalue weighted by Crippen LogP contribution is 2.53. The fraction of sp³-hybridized carbons (Fsp3) is 0.583. The zero-order valence-electron chi connectivity index (χ0n) is 19.0. The van der Waals surface area contributed by atoms with Crippen molar-refractivity contribution >= 4 is 17.4 Å². The quantitative estimate of drug-likeness (QED) is 0.406. The average Bonchev–Trinajstić information content (AvgIpc) is 3.28. The lowest BCUT2D eigenvalue weighted by molar-refractivity contribution is -0.137. The normalized spacial score (nSPS) is 30.4. The molecule has 4 rings (SSSR count). The second-order valence-corrected chi connectivity index (χ2v) is 8.74. The number of fused-ring (bicyclic) bond motifs is 3. The zero-order chi connectivity index (χ0) is 22.3. The molecule has 7 heteroatoms. The predicted molar refractivity (Wildman–Crippen MR) is 117 cm³/mol. The van der Waals surface area contributed by atoms with Crippen LogP contribution in [0.3, 0.4) is 0 Å². The molecule has 7 nitrogen and oxygen atoms in total. The van der Waals surface area contributed by atoms with Gasteiger partial charge in [-0.05, 0) is 36.8 Å². The smallest absolute Gasteiger partial charge is 0.337 e. The maximum absolute atomic E-state index is 13.9. The molecule has 0 aliphatic carbocycles. The fourth-order valence-corrected chi connectivity index (χ4v) is 6.13. The second-order valence-electron chi connectivity index (χ2n) is 8.74. The highest BCUT2D eigenvalue weighted by Gasteiger charge is 2.62. The van der Waals surface area contributed by atoms with Crippen molar-refractivity contribution in [2.75, 3.05) is 46.4 Å². The minimum absolute atomic E-state index is 0.000168. The molecule has 0 radical (unpaired) electrons. The average molecular weight is 429 g/mol. The molecular weight excluding hydrogens is 396 g/mol. The summed E-state index contributed by atoms with van der Waals surface area (Å²) in [5.41, 5.74) is 1.49. The summed E-state index contributed by atoms with van der Waals surface area (Å²) in [6, 6.07) is 5.78. The molecular formula is C24H32N2O5. The highest BCUT2D eigenvalue weighted by molar-refractivity contribution is 6.16. The molecule has 3 aliphatic rings. The topological polar surface area (TPSA) is 68.3 Å². The maximum atomic E-state index is 13.9. The molecule has 0 N–H and O–H groups in total. The molecule has 1 unspecified atom stereocenters. The number of esters is 1. The van der Waals surface area contributed by atoms with Crippen LogP contribution in [0.4, 0.5) is 5.69 Å². The van der Waals surface area contributed by atoms with E-state index in [9.17, 15) is 9.59 Å². The largest absolute Gasteiger partial charge is 0.504 e. The van der Waals surface area contributed by atoms with Gasteiger partial charge in [0.2, 0.25) is 0 Å². The van der Waals surface area contributed by atoms with Gasteiger partial charge in [-0.15, -0.1) is 0 Å². The Hall–Kier alpha value is -2.54.